The SMILES string of the molecule is C/C(=C/CN)C(N)=O.Cl. The molecule has 4 heteroatoms. The monoisotopic (exact) mass is 150 g/mol. The first-order valence-corrected chi connectivity index (χ1v) is 2.35. The molecule has 3 nitrogen and oxygen atoms in total. The van der Waals surface area contributed by atoms with Gasteiger partial charge in [0, 0.05) is 12.1 Å². The molecule has 9 heavy (non-hydrogen) atoms. The predicted molar refractivity (Wildman–Crippen MR) is 39.3 cm³/mol. The molecular weight excluding hydrogens is 140 g/mol. The molecule has 54 valence electrons. The molecule has 0 aliphatic carbocycles. The molecule has 0 aliphatic rings. The van der Waals surface area contributed by atoms with Crippen LogP contribution in [0.1, 0.15) is 6.92 Å². The third kappa shape index (κ3) is 5.33. The second-order valence-electron chi connectivity index (χ2n) is 1.49. The molecule has 0 aromatic rings. The Labute approximate surface area is 60.5 Å². The maximum Gasteiger partial charge on any atom is 0.244 e. The maximum absolute atomic E-state index is 10.2. The molecule has 0 rings (SSSR count). The number of hydrogen-bond donors (Lipinski definition) is 2. The minimum Gasteiger partial charge on any atom is -0.366 e. The van der Waals surface area contributed by atoms with Gasteiger partial charge >= 0.3 is 0 Å². The highest BCUT2D eigenvalue weighted by atomic mass is 35.5. The van der Waals surface area contributed by atoms with Crippen LogP contribution < -0.4 is 11.5 Å². The average molecular weight is 151 g/mol. The van der Waals surface area contributed by atoms with E-state index in [9.17, 15) is 4.79 Å². The molecule has 0 unspecified atom stereocenters. The first-order valence-electron chi connectivity index (χ1n) is 2.35. The van der Waals surface area contributed by atoms with Gasteiger partial charge in [-0.05, 0) is 6.92 Å². The number of nitrogens with two attached hydrogens (primary N) is 2. The van der Waals surface area contributed by atoms with Crippen molar-refractivity contribution in [1.29, 1.82) is 0 Å². The second-order valence-corrected chi connectivity index (χ2v) is 1.49. The molecule has 4 N–H and O–H groups in total. The van der Waals surface area contributed by atoms with E-state index >= 15 is 0 Å². The molecule has 0 aromatic heterocycles. The van der Waals surface area contributed by atoms with Crippen molar-refractivity contribution in [2.24, 2.45) is 11.5 Å². The van der Waals surface area contributed by atoms with Crippen LogP contribution >= 0.6 is 12.4 Å². The quantitative estimate of drug-likeness (QED) is 0.536. The third-order valence-electron chi connectivity index (χ3n) is 0.813. The van der Waals surface area contributed by atoms with E-state index in [1.165, 1.54) is 0 Å². The van der Waals surface area contributed by atoms with Crippen molar-refractivity contribution in [3.8, 4) is 0 Å². The topological polar surface area (TPSA) is 69.1 Å². The Morgan fingerprint density at radius 3 is 2.22 bits per heavy atom. The molecule has 0 atom stereocenters. The zero-order chi connectivity index (χ0) is 6.57. The highest BCUT2D eigenvalue weighted by molar-refractivity contribution is 5.91. The highest BCUT2D eigenvalue weighted by Crippen LogP contribution is 1.85. The van der Waals surface area contributed by atoms with Gasteiger partial charge in [0.05, 0.1) is 0 Å². The number of carbonyl (C=O) groups is 1. The number of halogens is 1. The van der Waals surface area contributed by atoms with E-state index in [1.54, 1.807) is 13.0 Å². The van der Waals surface area contributed by atoms with Crippen LogP contribution in [0.15, 0.2) is 11.6 Å². The fourth-order valence-electron chi connectivity index (χ4n) is 0.277. The molecule has 0 heterocycles. The lowest BCUT2D eigenvalue weighted by atomic mass is 10.3. The standard InChI is InChI=1S/C5H10N2O.ClH/c1-4(2-3-6)5(7)8;/h2H,3,6H2,1H3,(H2,7,8);1H/b4-2-;. The Kier molecular flexibility index (Phi) is 7.01. The van der Waals surface area contributed by atoms with Gasteiger partial charge in [0.15, 0.2) is 0 Å². The van der Waals surface area contributed by atoms with E-state index in [2.05, 4.69) is 0 Å². The van der Waals surface area contributed by atoms with Crippen LogP contribution in [0, 0.1) is 0 Å². The van der Waals surface area contributed by atoms with E-state index in [0.717, 1.165) is 0 Å². The van der Waals surface area contributed by atoms with Gasteiger partial charge in [-0.1, -0.05) is 6.08 Å². The number of rotatable bonds is 2. The van der Waals surface area contributed by atoms with Crippen molar-refractivity contribution in [2.75, 3.05) is 6.54 Å². The number of primary amides is 1. The van der Waals surface area contributed by atoms with Gasteiger partial charge in [0.25, 0.3) is 0 Å². The van der Waals surface area contributed by atoms with E-state index < -0.39 is 5.91 Å². The fourth-order valence-corrected chi connectivity index (χ4v) is 0.277. The summed E-state index contributed by atoms with van der Waals surface area (Å²) in [4.78, 5) is 10.2. The molecule has 0 saturated carbocycles. The summed E-state index contributed by atoms with van der Waals surface area (Å²) in [6.45, 7) is 2.00. The van der Waals surface area contributed by atoms with E-state index in [1.807, 2.05) is 0 Å². The van der Waals surface area contributed by atoms with E-state index in [0.29, 0.717) is 12.1 Å². The Morgan fingerprint density at radius 2 is 2.11 bits per heavy atom. The van der Waals surface area contributed by atoms with Crippen molar-refractivity contribution in [3.63, 3.8) is 0 Å². The summed E-state index contributed by atoms with van der Waals surface area (Å²) in [5.41, 5.74) is 10.5. The average Bonchev–Trinajstić information content (AvgIpc) is 1.67. The summed E-state index contributed by atoms with van der Waals surface area (Å²) in [7, 11) is 0. The van der Waals surface area contributed by atoms with Gasteiger partial charge < -0.3 is 11.5 Å². The second kappa shape index (κ2) is 5.59. The maximum atomic E-state index is 10.2. The van der Waals surface area contributed by atoms with Gasteiger partial charge in [0.2, 0.25) is 5.91 Å². The first-order chi connectivity index (χ1) is 3.68. The van der Waals surface area contributed by atoms with Crippen LogP contribution in [0.25, 0.3) is 0 Å². The Hall–Kier alpha value is -0.540. The van der Waals surface area contributed by atoms with Crippen molar-refractivity contribution >= 4 is 18.3 Å². The molecule has 0 aliphatic heterocycles. The lowest BCUT2D eigenvalue weighted by molar-refractivity contribution is -0.114. The normalized spacial score (nSPS) is 10.2. The van der Waals surface area contributed by atoms with Crippen LogP contribution in [0.4, 0.5) is 0 Å². The summed E-state index contributed by atoms with van der Waals surface area (Å²) >= 11 is 0. The molecule has 0 aromatic carbocycles. The number of carbonyl (C=O) groups excluding carboxylic acids is 1. The van der Waals surface area contributed by atoms with Crippen LogP contribution in [-0.2, 0) is 4.79 Å². The molecule has 0 radical (unpaired) electrons. The van der Waals surface area contributed by atoms with Gasteiger partial charge in [-0.2, -0.15) is 0 Å². The summed E-state index contributed by atoms with van der Waals surface area (Å²) in [6, 6.07) is 0. The van der Waals surface area contributed by atoms with Crippen molar-refractivity contribution in [2.45, 2.75) is 6.92 Å². The zero-order valence-electron chi connectivity index (χ0n) is 5.26. The van der Waals surface area contributed by atoms with Crippen molar-refractivity contribution < 1.29 is 4.79 Å². The zero-order valence-corrected chi connectivity index (χ0v) is 6.07. The van der Waals surface area contributed by atoms with Gasteiger partial charge in [-0.3, -0.25) is 4.79 Å². The summed E-state index contributed by atoms with van der Waals surface area (Å²) in [6.07, 6.45) is 1.59. The van der Waals surface area contributed by atoms with Crippen LogP contribution in [0.3, 0.4) is 0 Å². The lowest BCUT2D eigenvalue weighted by Crippen LogP contribution is -2.12. The Morgan fingerprint density at radius 1 is 1.67 bits per heavy atom. The van der Waals surface area contributed by atoms with Crippen LogP contribution in [-0.4, -0.2) is 12.5 Å². The molecule has 0 bridgehead atoms. The van der Waals surface area contributed by atoms with Crippen LogP contribution in [0.2, 0.25) is 0 Å². The Balaban J connectivity index is 0. The minimum absolute atomic E-state index is 0. The van der Waals surface area contributed by atoms with E-state index in [4.69, 9.17) is 11.5 Å². The summed E-state index contributed by atoms with van der Waals surface area (Å²) in [5.74, 6) is -0.407. The van der Waals surface area contributed by atoms with Crippen LogP contribution in [0.5, 0.6) is 0 Å². The van der Waals surface area contributed by atoms with Crippen molar-refractivity contribution in [1.82, 2.24) is 0 Å². The number of hydrogen-bond acceptors (Lipinski definition) is 2. The lowest BCUT2D eigenvalue weighted by Gasteiger charge is -1.88. The number of amides is 1. The molecule has 0 saturated heterocycles. The minimum atomic E-state index is -0.407. The van der Waals surface area contributed by atoms with E-state index in [-0.39, 0.29) is 12.4 Å². The molecule has 0 fully saturated rings. The van der Waals surface area contributed by atoms with Crippen molar-refractivity contribution in [3.05, 3.63) is 11.6 Å². The summed E-state index contributed by atoms with van der Waals surface area (Å²) < 4.78 is 0. The first kappa shape index (κ1) is 11.3. The van der Waals surface area contributed by atoms with Gasteiger partial charge in [-0.15, -0.1) is 12.4 Å². The Bertz CT molecular complexity index is 122. The summed E-state index contributed by atoms with van der Waals surface area (Å²) in [5, 5.41) is 0. The fraction of sp³-hybridized carbons (Fsp3) is 0.400. The highest BCUT2D eigenvalue weighted by Gasteiger charge is 1.92. The van der Waals surface area contributed by atoms with Gasteiger partial charge in [0.1, 0.15) is 0 Å². The predicted octanol–water partition coefficient (Wildman–Crippen LogP) is -0.202. The molecule has 0 spiro atoms. The smallest absolute Gasteiger partial charge is 0.244 e. The molecule has 1 amide bonds. The largest absolute Gasteiger partial charge is 0.366 e. The van der Waals surface area contributed by atoms with Gasteiger partial charge in [-0.25, -0.2) is 0 Å². The molecular formula is C5H11ClN2O. The third-order valence-corrected chi connectivity index (χ3v) is 0.813.